The second kappa shape index (κ2) is 7.53. The van der Waals surface area contributed by atoms with Crippen LogP contribution in [-0.4, -0.2) is 25.0 Å². The minimum atomic E-state index is -0.153. The number of benzene rings is 1. The van der Waals surface area contributed by atoms with Gasteiger partial charge in [-0.05, 0) is 63.5 Å². The van der Waals surface area contributed by atoms with Crippen molar-refractivity contribution in [2.24, 2.45) is 0 Å². The molecule has 3 rings (SSSR count). The molecule has 0 bridgehead atoms. The smallest absolute Gasteiger partial charge is 0.287 e. The van der Waals surface area contributed by atoms with E-state index in [1.807, 2.05) is 19.1 Å². The SMILES string of the molecule is Cc1ccc(OCc2ccc(C(=O)NC3CCNCC3)o2)c(C)c1. The third-order valence-corrected chi connectivity index (χ3v) is 4.26. The van der Waals surface area contributed by atoms with E-state index in [1.165, 1.54) is 5.56 Å². The van der Waals surface area contributed by atoms with E-state index in [-0.39, 0.29) is 11.9 Å². The average molecular weight is 328 g/mol. The van der Waals surface area contributed by atoms with Crippen molar-refractivity contribution >= 4 is 5.91 Å². The van der Waals surface area contributed by atoms with Crippen LogP contribution in [0.3, 0.4) is 0 Å². The Kier molecular flexibility index (Phi) is 5.20. The molecule has 2 aromatic rings. The molecule has 0 saturated carbocycles. The minimum absolute atomic E-state index is 0.153. The summed E-state index contributed by atoms with van der Waals surface area (Å²) in [6, 6.07) is 9.77. The zero-order valence-electron chi connectivity index (χ0n) is 14.2. The van der Waals surface area contributed by atoms with Crippen molar-refractivity contribution in [1.29, 1.82) is 0 Å². The first-order chi connectivity index (χ1) is 11.6. The Balaban J connectivity index is 1.55. The molecule has 0 spiro atoms. The summed E-state index contributed by atoms with van der Waals surface area (Å²) in [7, 11) is 0. The highest BCUT2D eigenvalue weighted by atomic mass is 16.5. The van der Waals surface area contributed by atoms with E-state index in [4.69, 9.17) is 9.15 Å². The Morgan fingerprint density at radius 3 is 2.79 bits per heavy atom. The molecule has 1 fully saturated rings. The molecule has 2 heterocycles. The molecule has 5 heteroatoms. The maximum atomic E-state index is 12.2. The molecule has 5 nitrogen and oxygen atoms in total. The Labute approximate surface area is 142 Å². The lowest BCUT2D eigenvalue weighted by Gasteiger charge is -2.23. The molecule has 2 N–H and O–H groups in total. The van der Waals surface area contributed by atoms with Gasteiger partial charge >= 0.3 is 0 Å². The fraction of sp³-hybridized carbons (Fsp3) is 0.421. The summed E-state index contributed by atoms with van der Waals surface area (Å²) in [5.41, 5.74) is 2.29. The van der Waals surface area contributed by atoms with Gasteiger partial charge in [0.2, 0.25) is 0 Å². The summed E-state index contributed by atoms with van der Waals surface area (Å²) in [5.74, 6) is 1.66. The number of furan rings is 1. The zero-order chi connectivity index (χ0) is 16.9. The van der Waals surface area contributed by atoms with E-state index in [0.717, 1.165) is 37.2 Å². The first kappa shape index (κ1) is 16.6. The average Bonchev–Trinajstić information content (AvgIpc) is 3.04. The summed E-state index contributed by atoms with van der Waals surface area (Å²) in [4.78, 5) is 12.2. The van der Waals surface area contributed by atoms with E-state index in [0.29, 0.717) is 18.1 Å². The van der Waals surface area contributed by atoms with Crippen LogP contribution in [0.15, 0.2) is 34.7 Å². The van der Waals surface area contributed by atoms with Gasteiger partial charge in [0.25, 0.3) is 5.91 Å². The van der Waals surface area contributed by atoms with Gasteiger partial charge in [0, 0.05) is 6.04 Å². The van der Waals surface area contributed by atoms with E-state index < -0.39 is 0 Å². The van der Waals surface area contributed by atoms with Gasteiger partial charge in [-0.3, -0.25) is 4.79 Å². The topological polar surface area (TPSA) is 63.5 Å². The van der Waals surface area contributed by atoms with Gasteiger partial charge in [-0.15, -0.1) is 0 Å². The van der Waals surface area contributed by atoms with Crippen LogP contribution in [-0.2, 0) is 6.61 Å². The Morgan fingerprint density at radius 1 is 1.25 bits per heavy atom. The number of carbonyl (C=O) groups is 1. The van der Waals surface area contributed by atoms with Gasteiger partial charge in [0.15, 0.2) is 5.76 Å². The van der Waals surface area contributed by atoms with Crippen molar-refractivity contribution in [3.63, 3.8) is 0 Å². The number of amides is 1. The number of hydrogen-bond donors (Lipinski definition) is 2. The van der Waals surface area contributed by atoms with E-state index in [9.17, 15) is 4.79 Å². The molecule has 128 valence electrons. The molecular formula is C19H24N2O3. The maximum Gasteiger partial charge on any atom is 0.287 e. The highest BCUT2D eigenvalue weighted by Crippen LogP contribution is 2.20. The highest BCUT2D eigenvalue weighted by molar-refractivity contribution is 5.91. The van der Waals surface area contributed by atoms with Crippen molar-refractivity contribution in [3.8, 4) is 5.75 Å². The monoisotopic (exact) mass is 328 g/mol. The molecular weight excluding hydrogens is 304 g/mol. The minimum Gasteiger partial charge on any atom is -0.485 e. The number of ether oxygens (including phenoxy) is 1. The zero-order valence-corrected chi connectivity index (χ0v) is 14.2. The van der Waals surface area contributed by atoms with E-state index in [1.54, 1.807) is 12.1 Å². The van der Waals surface area contributed by atoms with Crippen molar-refractivity contribution in [2.75, 3.05) is 13.1 Å². The lowest BCUT2D eigenvalue weighted by Crippen LogP contribution is -2.42. The summed E-state index contributed by atoms with van der Waals surface area (Å²) in [5, 5.41) is 6.30. The number of carbonyl (C=O) groups excluding carboxylic acids is 1. The molecule has 0 atom stereocenters. The van der Waals surface area contributed by atoms with Crippen LogP contribution in [0.1, 0.15) is 40.3 Å². The second-order valence-corrected chi connectivity index (χ2v) is 6.32. The highest BCUT2D eigenvalue weighted by Gasteiger charge is 2.18. The summed E-state index contributed by atoms with van der Waals surface area (Å²) in [6.07, 6.45) is 1.91. The molecule has 1 aliphatic heterocycles. The predicted molar refractivity (Wildman–Crippen MR) is 92.3 cm³/mol. The number of nitrogens with one attached hydrogen (secondary N) is 2. The van der Waals surface area contributed by atoms with Crippen molar-refractivity contribution < 1.29 is 13.9 Å². The van der Waals surface area contributed by atoms with Gasteiger partial charge in [0.1, 0.15) is 18.1 Å². The van der Waals surface area contributed by atoms with Crippen LogP contribution >= 0.6 is 0 Å². The molecule has 0 aliphatic carbocycles. The molecule has 1 aliphatic rings. The molecule has 0 unspecified atom stereocenters. The molecule has 24 heavy (non-hydrogen) atoms. The lowest BCUT2D eigenvalue weighted by molar-refractivity contribution is 0.0897. The van der Waals surface area contributed by atoms with Gasteiger partial charge in [-0.25, -0.2) is 0 Å². The number of rotatable bonds is 5. The number of hydrogen-bond acceptors (Lipinski definition) is 4. The standard InChI is InChI=1S/C19H24N2O3/c1-13-3-5-17(14(2)11-13)23-12-16-4-6-18(24-16)19(22)21-15-7-9-20-10-8-15/h3-6,11,15,20H,7-10,12H2,1-2H3,(H,21,22). The number of aryl methyl sites for hydroxylation is 2. The van der Waals surface area contributed by atoms with Gasteiger partial charge in [-0.1, -0.05) is 17.7 Å². The first-order valence-electron chi connectivity index (χ1n) is 8.42. The first-order valence-corrected chi connectivity index (χ1v) is 8.42. The van der Waals surface area contributed by atoms with E-state index >= 15 is 0 Å². The van der Waals surface area contributed by atoms with Crippen molar-refractivity contribution in [3.05, 3.63) is 53.0 Å². The molecule has 1 aromatic heterocycles. The van der Waals surface area contributed by atoms with Gasteiger partial charge in [0.05, 0.1) is 0 Å². The Hall–Kier alpha value is -2.27. The third kappa shape index (κ3) is 4.17. The normalized spacial score (nSPS) is 15.2. The van der Waals surface area contributed by atoms with Crippen molar-refractivity contribution in [2.45, 2.75) is 39.3 Å². The predicted octanol–water partition coefficient (Wildman–Crippen LogP) is 2.96. The largest absolute Gasteiger partial charge is 0.485 e. The van der Waals surface area contributed by atoms with Crippen molar-refractivity contribution in [1.82, 2.24) is 10.6 Å². The summed E-state index contributed by atoms with van der Waals surface area (Å²) >= 11 is 0. The maximum absolute atomic E-state index is 12.2. The molecule has 1 amide bonds. The lowest BCUT2D eigenvalue weighted by atomic mass is 10.1. The van der Waals surface area contributed by atoms with Crippen LogP contribution in [0.5, 0.6) is 5.75 Å². The fourth-order valence-corrected chi connectivity index (χ4v) is 2.91. The summed E-state index contributed by atoms with van der Waals surface area (Å²) < 4.78 is 11.4. The van der Waals surface area contributed by atoms with Crippen LogP contribution in [0, 0.1) is 13.8 Å². The molecule has 1 aromatic carbocycles. The number of piperidine rings is 1. The van der Waals surface area contributed by atoms with Gasteiger partial charge in [-0.2, -0.15) is 0 Å². The van der Waals surface area contributed by atoms with Crippen LogP contribution in [0.25, 0.3) is 0 Å². The quantitative estimate of drug-likeness (QED) is 0.886. The fourth-order valence-electron chi connectivity index (χ4n) is 2.91. The van der Waals surface area contributed by atoms with Crippen LogP contribution in [0.2, 0.25) is 0 Å². The molecule has 0 radical (unpaired) electrons. The Bertz CT molecular complexity index is 702. The summed E-state index contributed by atoms with van der Waals surface area (Å²) in [6.45, 7) is 6.26. The Morgan fingerprint density at radius 2 is 2.04 bits per heavy atom. The van der Waals surface area contributed by atoms with Crippen LogP contribution < -0.4 is 15.4 Å². The van der Waals surface area contributed by atoms with E-state index in [2.05, 4.69) is 23.6 Å². The van der Waals surface area contributed by atoms with Crippen LogP contribution in [0.4, 0.5) is 0 Å². The third-order valence-electron chi connectivity index (χ3n) is 4.26. The van der Waals surface area contributed by atoms with Gasteiger partial charge < -0.3 is 19.8 Å². The molecule has 1 saturated heterocycles. The second-order valence-electron chi connectivity index (χ2n) is 6.32.